The number of hydrogen-bond acceptors (Lipinski definition) is 5. The van der Waals surface area contributed by atoms with Gasteiger partial charge in [-0.25, -0.2) is 14.8 Å². The summed E-state index contributed by atoms with van der Waals surface area (Å²) in [5.74, 6) is 0.310. The quantitative estimate of drug-likeness (QED) is 0.796. The molecule has 0 N–H and O–H groups in total. The summed E-state index contributed by atoms with van der Waals surface area (Å²) in [4.78, 5) is 22.6. The van der Waals surface area contributed by atoms with E-state index in [9.17, 15) is 4.79 Å². The monoisotopic (exact) mass is 291 g/mol. The van der Waals surface area contributed by atoms with Crippen LogP contribution in [0.5, 0.6) is 0 Å². The first-order valence-electron chi connectivity index (χ1n) is 6.49. The van der Waals surface area contributed by atoms with Crippen LogP contribution in [0.4, 0.5) is 5.82 Å². The molecule has 104 valence electrons. The van der Waals surface area contributed by atoms with Gasteiger partial charge in [-0.3, -0.25) is 0 Å². The van der Waals surface area contributed by atoms with Gasteiger partial charge in [-0.2, -0.15) is 0 Å². The number of rotatable bonds is 2. The number of ether oxygens (including phenoxy) is 1. The number of aromatic nitrogens is 2. The molecule has 2 heterocycles. The van der Waals surface area contributed by atoms with Crippen LogP contribution in [-0.4, -0.2) is 36.1 Å². The number of esters is 1. The van der Waals surface area contributed by atoms with E-state index in [-0.39, 0.29) is 5.97 Å². The smallest absolute Gasteiger partial charge is 0.337 e. The molecule has 0 saturated carbocycles. The minimum Gasteiger partial charge on any atom is -0.465 e. The zero-order valence-electron chi connectivity index (χ0n) is 11.1. The van der Waals surface area contributed by atoms with Gasteiger partial charge in [0.05, 0.1) is 23.7 Å². The van der Waals surface area contributed by atoms with Crippen LogP contribution in [0.3, 0.4) is 0 Å². The molecule has 0 radical (unpaired) electrons. The molecule has 0 atom stereocenters. The fraction of sp³-hybridized carbons (Fsp3) is 0.357. The number of anilines is 1. The Morgan fingerprint density at radius 1 is 1.25 bits per heavy atom. The lowest BCUT2D eigenvalue weighted by Crippen LogP contribution is -2.19. The maximum atomic E-state index is 11.6. The third-order valence-electron chi connectivity index (χ3n) is 3.43. The predicted molar refractivity (Wildman–Crippen MR) is 77.3 cm³/mol. The van der Waals surface area contributed by atoms with Gasteiger partial charge in [-0.1, -0.05) is 11.6 Å². The van der Waals surface area contributed by atoms with Crippen molar-refractivity contribution in [1.82, 2.24) is 9.97 Å². The van der Waals surface area contributed by atoms with Crippen LogP contribution in [0, 0.1) is 0 Å². The van der Waals surface area contributed by atoms with Crippen LogP contribution in [-0.2, 0) is 4.74 Å². The molecule has 1 fully saturated rings. The second kappa shape index (κ2) is 5.25. The Labute approximate surface area is 121 Å². The molecule has 6 heteroatoms. The summed E-state index contributed by atoms with van der Waals surface area (Å²) >= 11 is 6.21. The summed E-state index contributed by atoms with van der Waals surface area (Å²) in [6, 6.07) is 5.08. The summed E-state index contributed by atoms with van der Waals surface area (Å²) in [7, 11) is 1.36. The van der Waals surface area contributed by atoms with Crippen LogP contribution in [0.25, 0.3) is 11.0 Å². The standard InChI is InChI=1S/C14H14ClN3O2/c1-20-14(19)9-4-5-10-11(8-9)17-13(12(15)16-10)18-6-2-3-7-18/h4-5,8H,2-3,6-7H2,1H3. The van der Waals surface area contributed by atoms with Gasteiger partial charge >= 0.3 is 5.97 Å². The molecular formula is C14H14ClN3O2. The van der Waals surface area contributed by atoms with Crippen LogP contribution >= 0.6 is 11.6 Å². The number of fused-ring (bicyclic) bond motifs is 1. The van der Waals surface area contributed by atoms with Crippen molar-refractivity contribution in [3.63, 3.8) is 0 Å². The van der Waals surface area contributed by atoms with Crippen LogP contribution in [0.2, 0.25) is 5.15 Å². The number of nitrogens with zero attached hydrogens (tertiary/aromatic N) is 3. The highest BCUT2D eigenvalue weighted by Gasteiger charge is 2.18. The molecule has 1 saturated heterocycles. The number of carbonyl (C=O) groups is 1. The Kier molecular flexibility index (Phi) is 3.44. The molecule has 0 aliphatic carbocycles. The average Bonchev–Trinajstić information content (AvgIpc) is 2.99. The molecule has 0 spiro atoms. The largest absolute Gasteiger partial charge is 0.465 e. The van der Waals surface area contributed by atoms with Gasteiger partial charge in [0, 0.05) is 13.1 Å². The van der Waals surface area contributed by atoms with Crippen molar-refractivity contribution in [3.8, 4) is 0 Å². The van der Waals surface area contributed by atoms with E-state index < -0.39 is 0 Å². The van der Waals surface area contributed by atoms with Crippen LogP contribution in [0.15, 0.2) is 18.2 Å². The zero-order valence-corrected chi connectivity index (χ0v) is 11.9. The molecular weight excluding hydrogens is 278 g/mol. The Morgan fingerprint density at radius 3 is 2.70 bits per heavy atom. The van der Waals surface area contributed by atoms with E-state index in [2.05, 4.69) is 14.9 Å². The topological polar surface area (TPSA) is 55.3 Å². The Hall–Kier alpha value is -1.88. The summed E-state index contributed by atoms with van der Waals surface area (Å²) in [6.45, 7) is 1.88. The third-order valence-corrected chi connectivity index (χ3v) is 3.69. The van der Waals surface area contributed by atoms with Gasteiger partial charge in [-0.15, -0.1) is 0 Å². The molecule has 1 aromatic heterocycles. The van der Waals surface area contributed by atoms with Gasteiger partial charge < -0.3 is 9.64 Å². The molecule has 2 aromatic rings. The fourth-order valence-electron chi connectivity index (χ4n) is 2.40. The van der Waals surface area contributed by atoms with Crippen molar-refractivity contribution >= 4 is 34.4 Å². The van der Waals surface area contributed by atoms with Gasteiger partial charge in [0.25, 0.3) is 0 Å². The molecule has 0 amide bonds. The van der Waals surface area contributed by atoms with E-state index in [1.165, 1.54) is 7.11 Å². The maximum absolute atomic E-state index is 11.6. The molecule has 0 unspecified atom stereocenters. The van der Waals surface area contributed by atoms with E-state index in [1.54, 1.807) is 18.2 Å². The lowest BCUT2D eigenvalue weighted by Gasteiger charge is -2.17. The molecule has 5 nitrogen and oxygen atoms in total. The van der Waals surface area contributed by atoms with Crippen molar-refractivity contribution in [1.29, 1.82) is 0 Å². The SMILES string of the molecule is COC(=O)c1ccc2nc(Cl)c(N3CCCC3)nc2c1. The van der Waals surface area contributed by atoms with Crippen LogP contribution < -0.4 is 4.90 Å². The Balaban J connectivity index is 2.08. The highest BCUT2D eigenvalue weighted by Crippen LogP contribution is 2.27. The van der Waals surface area contributed by atoms with E-state index in [4.69, 9.17) is 16.3 Å². The van der Waals surface area contributed by atoms with Crippen LogP contribution in [0.1, 0.15) is 23.2 Å². The summed E-state index contributed by atoms with van der Waals surface area (Å²) in [5.41, 5.74) is 1.79. The summed E-state index contributed by atoms with van der Waals surface area (Å²) < 4.78 is 4.72. The lowest BCUT2D eigenvalue weighted by atomic mass is 10.2. The van der Waals surface area contributed by atoms with E-state index in [0.29, 0.717) is 27.6 Å². The first kappa shape index (κ1) is 13.1. The lowest BCUT2D eigenvalue weighted by molar-refractivity contribution is 0.0601. The summed E-state index contributed by atoms with van der Waals surface area (Å²) in [5, 5.41) is 0.408. The van der Waals surface area contributed by atoms with Crippen molar-refractivity contribution in [2.75, 3.05) is 25.1 Å². The van der Waals surface area contributed by atoms with E-state index >= 15 is 0 Å². The number of carbonyl (C=O) groups excluding carboxylic acids is 1. The number of benzene rings is 1. The molecule has 0 bridgehead atoms. The first-order chi connectivity index (χ1) is 9.69. The highest BCUT2D eigenvalue weighted by atomic mass is 35.5. The molecule has 1 aromatic carbocycles. The third kappa shape index (κ3) is 2.29. The fourth-order valence-corrected chi connectivity index (χ4v) is 2.65. The zero-order chi connectivity index (χ0) is 14.1. The Bertz CT molecular complexity index is 669. The molecule has 1 aliphatic rings. The van der Waals surface area contributed by atoms with E-state index in [0.717, 1.165) is 25.9 Å². The van der Waals surface area contributed by atoms with E-state index in [1.807, 2.05) is 0 Å². The molecule has 1 aliphatic heterocycles. The number of methoxy groups -OCH3 is 1. The predicted octanol–water partition coefficient (Wildman–Crippen LogP) is 2.67. The second-order valence-corrected chi connectivity index (χ2v) is 5.09. The minimum atomic E-state index is -0.383. The first-order valence-corrected chi connectivity index (χ1v) is 6.87. The average molecular weight is 292 g/mol. The normalized spacial score (nSPS) is 14.8. The number of halogens is 1. The van der Waals surface area contributed by atoms with Gasteiger partial charge in [0.15, 0.2) is 11.0 Å². The van der Waals surface area contributed by atoms with Gasteiger partial charge in [0.1, 0.15) is 0 Å². The summed E-state index contributed by atoms with van der Waals surface area (Å²) in [6.07, 6.45) is 2.27. The molecule has 20 heavy (non-hydrogen) atoms. The second-order valence-electron chi connectivity index (χ2n) is 4.73. The van der Waals surface area contributed by atoms with Gasteiger partial charge in [-0.05, 0) is 31.0 Å². The Morgan fingerprint density at radius 2 is 2.00 bits per heavy atom. The maximum Gasteiger partial charge on any atom is 0.337 e. The van der Waals surface area contributed by atoms with Crippen molar-refractivity contribution in [2.45, 2.75) is 12.8 Å². The van der Waals surface area contributed by atoms with Crippen molar-refractivity contribution < 1.29 is 9.53 Å². The van der Waals surface area contributed by atoms with Crippen molar-refractivity contribution in [2.24, 2.45) is 0 Å². The van der Waals surface area contributed by atoms with Gasteiger partial charge in [0.2, 0.25) is 0 Å². The molecule has 3 rings (SSSR count). The highest BCUT2D eigenvalue weighted by molar-refractivity contribution is 6.32. The minimum absolute atomic E-state index is 0.383. The van der Waals surface area contributed by atoms with Crippen molar-refractivity contribution in [3.05, 3.63) is 28.9 Å². The number of hydrogen-bond donors (Lipinski definition) is 0.